The van der Waals surface area contributed by atoms with Crippen LogP contribution in [-0.4, -0.2) is 7.11 Å². The van der Waals surface area contributed by atoms with E-state index >= 15 is 0 Å². The number of benzene rings is 4. The molecule has 0 aromatic heterocycles. The van der Waals surface area contributed by atoms with Crippen molar-refractivity contribution in [3.05, 3.63) is 121 Å². The average Bonchev–Trinajstić information content (AvgIpc) is 2.77. The van der Waals surface area contributed by atoms with E-state index in [-0.39, 0.29) is 22.4 Å². The second-order valence-electron chi connectivity index (χ2n) is 5.77. The molecule has 0 aliphatic rings. The molecule has 0 atom stereocenters. The van der Waals surface area contributed by atoms with Crippen LogP contribution in [-0.2, 0) is 22.4 Å². The van der Waals surface area contributed by atoms with Gasteiger partial charge in [-0.05, 0) is 23.8 Å². The number of para-hydroxylation sites is 1. The van der Waals surface area contributed by atoms with Crippen LogP contribution in [0.5, 0.6) is 5.75 Å². The topological polar surface area (TPSA) is 9.23 Å². The van der Waals surface area contributed by atoms with Gasteiger partial charge in [0.25, 0.3) is 0 Å². The van der Waals surface area contributed by atoms with Crippen LogP contribution in [0.4, 0.5) is 0 Å². The van der Waals surface area contributed by atoms with E-state index in [0.717, 1.165) is 5.75 Å². The Hall–Kier alpha value is -2.15. The van der Waals surface area contributed by atoms with E-state index in [2.05, 4.69) is 97.1 Å². The molecule has 1 nitrogen and oxygen atoms in total. The molecule has 0 aliphatic heterocycles. The van der Waals surface area contributed by atoms with Crippen LogP contribution in [0.2, 0.25) is 0 Å². The second-order valence-corrected chi connectivity index (χ2v) is 7.99. The molecule has 0 fully saturated rings. The zero-order valence-electron chi connectivity index (χ0n) is 15.6. The summed E-state index contributed by atoms with van der Waals surface area (Å²) in [5.41, 5.74) is 0. The fourth-order valence-corrected chi connectivity index (χ4v) is 4.99. The van der Waals surface area contributed by atoms with Gasteiger partial charge in [0.1, 0.15) is 0 Å². The Kier molecular flexibility index (Phi) is 9.76. The molecule has 0 aliphatic carbocycles. The summed E-state index contributed by atoms with van der Waals surface area (Å²) in [4.78, 5) is 0. The predicted octanol–water partition coefficient (Wildman–Crippen LogP) is 4.94. The molecule has 0 saturated carbocycles. The van der Waals surface area contributed by atoms with Crippen molar-refractivity contribution >= 4 is 23.8 Å². The minimum Gasteiger partial charge on any atom is -0.523 e. The zero-order chi connectivity index (χ0) is 18.7. The molecule has 0 spiro atoms. The fraction of sp³-hybridized carbons (Fsp3) is 0.0400. The van der Waals surface area contributed by atoms with E-state index in [9.17, 15) is 0 Å². The molecule has 0 radical (unpaired) electrons. The Morgan fingerprint density at radius 2 is 0.964 bits per heavy atom. The molecule has 0 saturated heterocycles. The van der Waals surface area contributed by atoms with Crippen LogP contribution < -0.4 is 20.7 Å². The third kappa shape index (κ3) is 6.48. The molecule has 28 heavy (non-hydrogen) atoms. The van der Waals surface area contributed by atoms with Crippen LogP contribution in [0, 0.1) is 6.07 Å². The van der Waals surface area contributed by atoms with Crippen molar-refractivity contribution in [3.63, 3.8) is 0 Å². The van der Waals surface area contributed by atoms with Gasteiger partial charge in [0, 0.05) is 5.75 Å². The van der Waals surface area contributed by atoms with Gasteiger partial charge in [0.05, 0.1) is 7.11 Å². The Bertz CT molecular complexity index is 806. The quantitative estimate of drug-likeness (QED) is 0.193. The maximum absolute atomic E-state index is 4.86. The van der Waals surface area contributed by atoms with Crippen LogP contribution >= 0.6 is 7.92 Å². The summed E-state index contributed by atoms with van der Waals surface area (Å²) < 4.78 is 4.86. The number of methoxy groups -OCH3 is 1. The largest absolute Gasteiger partial charge is 1.00 e. The first-order chi connectivity index (χ1) is 13.4. The first-order valence-electron chi connectivity index (χ1n) is 8.84. The van der Waals surface area contributed by atoms with Crippen LogP contribution in [0.3, 0.4) is 0 Å². The molecule has 4 aromatic rings. The van der Waals surface area contributed by atoms with E-state index in [1.807, 2.05) is 24.3 Å². The SMILES string of the molecule is COc1[c-]cccc1.[Au+].c1ccc(P(c2ccccc2)c2ccccc2)cc1. The van der Waals surface area contributed by atoms with Gasteiger partial charge in [-0.15, -0.1) is 12.1 Å². The van der Waals surface area contributed by atoms with Gasteiger partial charge in [-0.1, -0.05) is 91.0 Å². The molecule has 0 amide bonds. The summed E-state index contributed by atoms with van der Waals surface area (Å²) in [6, 6.07) is 42.7. The molecule has 3 heteroatoms. The normalized spacial score (nSPS) is 9.64. The van der Waals surface area contributed by atoms with Crippen molar-refractivity contribution in [1.82, 2.24) is 0 Å². The number of ether oxygens (including phenoxy) is 1. The minimum absolute atomic E-state index is 0. The summed E-state index contributed by atoms with van der Waals surface area (Å²) in [6.45, 7) is 0. The molecule has 4 rings (SSSR count). The minimum atomic E-state index is -0.446. The average molecular weight is 566 g/mol. The number of rotatable bonds is 4. The van der Waals surface area contributed by atoms with Crippen molar-refractivity contribution < 1.29 is 27.1 Å². The standard InChI is InChI=1S/C18H15P.C7H7O.Au/c1-4-10-16(11-5-1)19(17-12-6-2-7-13-17)18-14-8-3-9-15-18;1-8-7-5-3-2-4-6-7;/h1-15H;2-5H,1H3;/q;-1;+1. The molecular weight excluding hydrogens is 544 g/mol. The summed E-state index contributed by atoms with van der Waals surface area (Å²) in [7, 11) is 1.18. The molecule has 0 N–H and O–H groups in total. The maximum Gasteiger partial charge on any atom is 1.00 e. The summed E-state index contributed by atoms with van der Waals surface area (Å²) >= 11 is 0. The Morgan fingerprint density at radius 3 is 1.25 bits per heavy atom. The van der Waals surface area contributed by atoms with Gasteiger partial charge in [0.2, 0.25) is 0 Å². The zero-order valence-corrected chi connectivity index (χ0v) is 18.7. The number of hydrogen-bond donors (Lipinski definition) is 0. The van der Waals surface area contributed by atoms with Crippen LogP contribution in [0.15, 0.2) is 115 Å². The maximum atomic E-state index is 4.86. The van der Waals surface area contributed by atoms with E-state index in [4.69, 9.17) is 4.74 Å². The van der Waals surface area contributed by atoms with E-state index in [1.54, 1.807) is 7.11 Å². The van der Waals surface area contributed by atoms with Crippen molar-refractivity contribution in [2.75, 3.05) is 7.11 Å². The van der Waals surface area contributed by atoms with Crippen LogP contribution in [0.25, 0.3) is 0 Å². The first kappa shape index (κ1) is 22.1. The third-order valence-corrected chi connectivity index (χ3v) is 6.39. The Morgan fingerprint density at radius 1 is 0.571 bits per heavy atom. The van der Waals surface area contributed by atoms with Gasteiger partial charge in [-0.25, -0.2) is 0 Å². The predicted molar refractivity (Wildman–Crippen MR) is 117 cm³/mol. The van der Waals surface area contributed by atoms with Gasteiger partial charge < -0.3 is 4.74 Å². The van der Waals surface area contributed by atoms with Crippen molar-refractivity contribution in [2.24, 2.45) is 0 Å². The molecule has 0 bridgehead atoms. The Labute approximate surface area is 184 Å². The molecule has 0 unspecified atom stereocenters. The third-order valence-electron chi connectivity index (χ3n) is 3.94. The summed E-state index contributed by atoms with van der Waals surface area (Å²) in [6.07, 6.45) is 0. The molecular formula is C25H22AuOP. The summed E-state index contributed by atoms with van der Waals surface area (Å²) in [5, 5.41) is 4.19. The van der Waals surface area contributed by atoms with Gasteiger partial charge in [-0.3, -0.25) is 0 Å². The van der Waals surface area contributed by atoms with Crippen LogP contribution in [0.1, 0.15) is 0 Å². The van der Waals surface area contributed by atoms with E-state index in [0.29, 0.717) is 0 Å². The second kappa shape index (κ2) is 12.3. The molecule has 144 valence electrons. The summed E-state index contributed by atoms with van der Waals surface area (Å²) in [5.74, 6) is 0.785. The van der Waals surface area contributed by atoms with E-state index < -0.39 is 7.92 Å². The first-order valence-corrected chi connectivity index (χ1v) is 10.2. The monoisotopic (exact) mass is 566 g/mol. The smallest absolute Gasteiger partial charge is 0.523 e. The van der Waals surface area contributed by atoms with Crippen molar-refractivity contribution in [2.45, 2.75) is 0 Å². The van der Waals surface area contributed by atoms with E-state index in [1.165, 1.54) is 15.9 Å². The fourth-order valence-electron chi connectivity index (χ4n) is 2.68. The van der Waals surface area contributed by atoms with Crippen molar-refractivity contribution in [1.29, 1.82) is 0 Å². The Balaban J connectivity index is 0.000000264. The van der Waals surface area contributed by atoms with Gasteiger partial charge >= 0.3 is 22.4 Å². The van der Waals surface area contributed by atoms with Gasteiger partial charge in [0.15, 0.2) is 0 Å². The number of hydrogen-bond acceptors (Lipinski definition) is 1. The van der Waals surface area contributed by atoms with Crippen molar-refractivity contribution in [3.8, 4) is 5.75 Å². The van der Waals surface area contributed by atoms with Gasteiger partial charge in [-0.2, -0.15) is 18.2 Å². The molecule has 0 heterocycles. The molecule has 4 aromatic carbocycles.